The van der Waals surface area contributed by atoms with Crippen LogP contribution in [0.5, 0.6) is 17.2 Å². The Hall–Kier alpha value is -3.80. The summed E-state index contributed by atoms with van der Waals surface area (Å²) < 4.78 is 11.6. The molecule has 1 atom stereocenters. The van der Waals surface area contributed by atoms with E-state index in [2.05, 4.69) is 10.6 Å². The molecule has 31 heavy (non-hydrogen) atoms. The average Bonchev–Trinajstić information content (AvgIpc) is 2.76. The van der Waals surface area contributed by atoms with Gasteiger partial charge in [0.15, 0.2) is 5.75 Å². The van der Waals surface area contributed by atoms with E-state index in [9.17, 15) is 9.59 Å². The Morgan fingerprint density at radius 2 is 1.52 bits per heavy atom. The lowest BCUT2D eigenvalue weighted by Gasteiger charge is -2.21. The molecule has 0 aliphatic carbocycles. The van der Waals surface area contributed by atoms with E-state index in [4.69, 9.17) is 9.47 Å². The van der Waals surface area contributed by atoms with Crippen LogP contribution in [0.25, 0.3) is 0 Å². The zero-order valence-corrected chi connectivity index (χ0v) is 17.6. The van der Waals surface area contributed by atoms with Crippen LogP contribution >= 0.6 is 0 Å². The molecule has 3 aromatic rings. The lowest BCUT2D eigenvalue weighted by molar-refractivity contribution is -0.120. The number of para-hydroxylation sites is 4. The fraction of sp³-hybridized carbons (Fsp3) is 0.200. The monoisotopic (exact) mass is 418 g/mol. The van der Waals surface area contributed by atoms with E-state index in [-0.39, 0.29) is 18.2 Å². The third kappa shape index (κ3) is 6.34. The fourth-order valence-electron chi connectivity index (χ4n) is 3.20. The van der Waals surface area contributed by atoms with Crippen molar-refractivity contribution in [2.24, 2.45) is 0 Å². The summed E-state index contributed by atoms with van der Waals surface area (Å²) in [6.45, 7) is 3.80. The maximum Gasteiger partial charge on any atom is 0.226 e. The van der Waals surface area contributed by atoms with Crippen LogP contribution in [0.3, 0.4) is 0 Å². The Labute approximate surface area is 182 Å². The average molecular weight is 418 g/mol. The van der Waals surface area contributed by atoms with Crippen molar-refractivity contribution in [3.05, 3.63) is 84.4 Å². The number of hydrogen-bond acceptors (Lipinski definition) is 4. The van der Waals surface area contributed by atoms with E-state index in [1.807, 2.05) is 73.7 Å². The second-order valence-corrected chi connectivity index (χ2v) is 6.89. The molecule has 6 nitrogen and oxygen atoms in total. The summed E-state index contributed by atoms with van der Waals surface area (Å²) in [5.74, 6) is 1.37. The van der Waals surface area contributed by atoms with Crippen molar-refractivity contribution in [3.8, 4) is 17.2 Å². The van der Waals surface area contributed by atoms with Gasteiger partial charge < -0.3 is 20.1 Å². The van der Waals surface area contributed by atoms with Crippen LogP contribution in [0, 0.1) is 0 Å². The SMILES string of the molecule is CCOc1ccccc1C(CC(=O)Nc1ccccc1Oc1ccccc1)NC(C)=O. The van der Waals surface area contributed by atoms with Gasteiger partial charge in [0.2, 0.25) is 11.8 Å². The third-order valence-electron chi connectivity index (χ3n) is 4.49. The van der Waals surface area contributed by atoms with Gasteiger partial charge in [0.05, 0.1) is 24.8 Å². The van der Waals surface area contributed by atoms with Gasteiger partial charge in [0, 0.05) is 12.5 Å². The Morgan fingerprint density at radius 3 is 2.23 bits per heavy atom. The summed E-state index contributed by atoms with van der Waals surface area (Å²) in [6, 6.07) is 23.4. The van der Waals surface area contributed by atoms with E-state index < -0.39 is 6.04 Å². The smallest absolute Gasteiger partial charge is 0.226 e. The van der Waals surface area contributed by atoms with E-state index >= 15 is 0 Å². The number of rotatable bonds is 9. The third-order valence-corrected chi connectivity index (χ3v) is 4.49. The Bertz CT molecular complexity index is 1020. The number of nitrogens with one attached hydrogen (secondary N) is 2. The summed E-state index contributed by atoms with van der Waals surface area (Å²) >= 11 is 0. The molecule has 3 aromatic carbocycles. The van der Waals surface area contributed by atoms with E-state index in [1.54, 1.807) is 12.1 Å². The molecule has 3 rings (SSSR count). The van der Waals surface area contributed by atoms with Gasteiger partial charge in [-0.2, -0.15) is 0 Å². The van der Waals surface area contributed by atoms with Gasteiger partial charge in [-0.1, -0.05) is 48.5 Å². The second-order valence-electron chi connectivity index (χ2n) is 6.89. The Balaban J connectivity index is 1.77. The molecule has 2 amide bonds. The van der Waals surface area contributed by atoms with Crippen LogP contribution in [0.4, 0.5) is 5.69 Å². The topological polar surface area (TPSA) is 76.7 Å². The molecule has 0 radical (unpaired) electrons. The highest BCUT2D eigenvalue weighted by molar-refractivity contribution is 5.93. The summed E-state index contributed by atoms with van der Waals surface area (Å²) in [5.41, 5.74) is 1.31. The molecule has 0 aliphatic heterocycles. The first-order valence-corrected chi connectivity index (χ1v) is 10.2. The molecule has 0 saturated carbocycles. The highest BCUT2D eigenvalue weighted by atomic mass is 16.5. The first kappa shape index (κ1) is 21.9. The van der Waals surface area contributed by atoms with Gasteiger partial charge in [0.25, 0.3) is 0 Å². The molecule has 6 heteroatoms. The van der Waals surface area contributed by atoms with E-state index in [1.165, 1.54) is 6.92 Å². The number of ether oxygens (including phenoxy) is 2. The molecule has 0 saturated heterocycles. The predicted molar refractivity (Wildman–Crippen MR) is 120 cm³/mol. The Morgan fingerprint density at radius 1 is 0.871 bits per heavy atom. The van der Waals surface area contributed by atoms with E-state index in [0.29, 0.717) is 29.5 Å². The minimum atomic E-state index is -0.526. The number of anilines is 1. The summed E-state index contributed by atoms with van der Waals surface area (Å²) in [4.78, 5) is 24.7. The molecule has 0 aromatic heterocycles. The highest BCUT2D eigenvalue weighted by Crippen LogP contribution is 2.31. The van der Waals surface area contributed by atoms with Gasteiger partial charge >= 0.3 is 0 Å². The van der Waals surface area contributed by atoms with Crippen molar-refractivity contribution in [1.29, 1.82) is 0 Å². The van der Waals surface area contributed by atoms with Crippen LogP contribution in [0.15, 0.2) is 78.9 Å². The number of amides is 2. The molecule has 160 valence electrons. The zero-order valence-electron chi connectivity index (χ0n) is 17.6. The van der Waals surface area contributed by atoms with Crippen LogP contribution in [-0.2, 0) is 9.59 Å². The maximum atomic E-state index is 12.9. The maximum absolute atomic E-state index is 12.9. The molecule has 2 N–H and O–H groups in total. The van der Waals surface area contributed by atoms with Crippen LogP contribution < -0.4 is 20.1 Å². The minimum Gasteiger partial charge on any atom is -0.494 e. The minimum absolute atomic E-state index is 0.0450. The molecule has 0 heterocycles. The van der Waals surface area contributed by atoms with Gasteiger partial charge in [-0.25, -0.2) is 0 Å². The predicted octanol–water partition coefficient (Wildman–Crippen LogP) is 5.08. The first-order valence-electron chi connectivity index (χ1n) is 10.2. The van der Waals surface area contributed by atoms with Crippen molar-refractivity contribution in [3.63, 3.8) is 0 Å². The van der Waals surface area contributed by atoms with Crippen LogP contribution in [-0.4, -0.2) is 18.4 Å². The molecule has 0 spiro atoms. The number of hydrogen-bond donors (Lipinski definition) is 2. The van der Waals surface area contributed by atoms with Crippen molar-refractivity contribution in [2.45, 2.75) is 26.3 Å². The largest absolute Gasteiger partial charge is 0.494 e. The standard InChI is InChI=1S/C25H26N2O4/c1-3-30-23-15-9-7-13-20(23)22(26-18(2)28)17-25(29)27-21-14-8-10-16-24(21)31-19-11-5-4-6-12-19/h4-16,22H,3,17H2,1-2H3,(H,26,28)(H,27,29). The van der Waals surface area contributed by atoms with Crippen molar-refractivity contribution < 1.29 is 19.1 Å². The van der Waals surface area contributed by atoms with Crippen molar-refractivity contribution in [1.82, 2.24) is 5.32 Å². The fourth-order valence-corrected chi connectivity index (χ4v) is 3.20. The van der Waals surface area contributed by atoms with Crippen molar-refractivity contribution in [2.75, 3.05) is 11.9 Å². The summed E-state index contributed by atoms with van der Waals surface area (Å²) in [6.07, 6.45) is 0.0450. The zero-order chi connectivity index (χ0) is 22.1. The summed E-state index contributed by atoms with van der Waals surface area (Å²) in [5, 5.41) is 5.75. The molecular formula is C25H26N2O4. The second kappa shape index (κ2) is 10.8. The van der Waals surface area contributed by atoms with Gasteiger partial charge in [-0.3, -0.25) is 9.59 Å². The molecule has 1 unspecified atom stereocenters. The van der Waals surface area contributed by atoms with Crippen LogP contribution in [0.1, 0.15) is 31.9 Å². The molecule has 0 fully saturated rings. The Kier molecular flexibility index (Phi) is 7.65. The van der Waals surface area contributed by atoms with Gasteiger partial charge in [0.1, 0.15) is 11.5 Å². The molecular weight excluding hydrogens is 392 g/mol. The molecule has 0 bridgehead atoms. The van der Waals surface area contributed by atoms with E-state index in [0.717, 1.165) is 5.56 Å². The van der Waals surface area contributed by atoms with Crippen molar-refractivity contribution >= 4 is 17.5 Å². The molecule has 0 aliphatic rings. The lowest BCUT2D eigenvalue weighted by atomic mass is 10.0. The number of benzene rings is 3. The highest BCUT2D eigenvalue weighted by Gasteiger charge is 2.21. The van der Waals surface area contributed by atoms with Crippen LogP contribution in [0.2, 0.25) is 0 Å². The van der Waals surface area contributed by atoms with Gasteiger partial charge in [-0.05, 0) is 37.3 Å². The number of carbonyl (C=O) groups is 2. The van der Waals surface area contributed by atoms with Gasteiger partial charge in [-0.15, -0.1) is 0 Å². The lowest BCUT2D eigenvalue weighted by Crippen LogP contribution is -2.30. The summed E-state index contributed by atoms with van der Waals surface area (Å²) in [7, 11) is 0. The number of carbonyl (C=O) groups excluding carboxylic acids is 2. The normalized spacial score (nSPS) is 11.3. The quantitative estimate of drug-likeness (QED) is 0.508. The first-order chi connectivity index (χ1) is 15.1.